The normalized spacial score (nSPS) is 10.5. The fraction of sp³-hybridized carbons (Fsp3) is 0.115. The number of benzene rings is 3. The Kier molecular flexibility index (Phi) is 6.22. The summed E-state index contributed by atoms with van der Waals surface area (Å²) in [5.41, 5.74) is 3.77. The van der Waals surface area contributed by atoms with Gasteiger partial charge in [-0.25, -0.2) is 4.98 Å². The van der Waals surface area contributed by atoms with Gasteiger partial charge in [-0.15, -0.1) is 0 Å². The molecule has 7 heteroatoms. The summed E-state index contributed by atoms with van der Waals surface area (Å²) in [4.78, 5) is 29.4. The summed E-state index contributed by atoms with van der Waals surface area (Å²) in [6.07, 6.45) is 0. The lowest BCUT2D eigenvalue weighted by molar-refractivity contribution is -0.114. The first-order valence-electron chi connectivity index (χ1n) is 10.3. The Labute approximate surface area is 191 Å². The fourth-order valence-corrected chi connectivity index (χ4v) is 3.58. The van der Waals surface area contributed by atoms with Gasteiger partial charge in [-0.2, -0.15) is 0 Å². The van der Waals surface area contributed by atoms with Crippen LogP contribution in [0.1, 0.15) is 17.3 Å². The van der Waals surface area contributed by atoms with E-state index in [1.165, 1.54) is 6.92 Å². The second-order valence-corrected chi connectivity index (χ2v) is 7.36. The maximum atomic E-state index is 13.3. The van der Waals surface area contributed by atoms with Crippen molar-refractivity contribution in [2.24, 2.45) is 0 Å². The number of methoxy groups -OCH3 is 2. The number of carbonyl (C=O) groups is 2. The summed E-state index contributed by atoms with van der Waals surface area (Å²) in [6, 6.07) is 21.7. The number of ether oxygens (including phenoxy) is 2. The Balaban J connectivity index is 1.75. The molecule has 0 spiro atoms. The number of aromatic nitrogens is 1. The van der Waals surface area contributed by atoms with E-state index < -0.39 is 0 Å². The Morgan fingerprint density at radius 1 is 0.788 bits per heavy atom. The number of para-hydroxylation sites is 1. The van der Waals surface area contributed by atoms with Crippen molar-refractivity contribution >= 4 is 34.1 Å². The van der Waals surface area contributed by atoms with Gasteiger partial charge in [0.05, 0.1) is 31.0 Å². The highest BCUT2D eigenvalue weighted by Gasteiger charge is 2.16. The second-order valence-electron chi connectivity index (χ2n) is 7.36. The lowest BCUT2D eigenvalue weighted by Gasteiger charge is -2.13. The first kappa shape index (κ1) is 21.8. The van der Waals surface area contributed by atoms with Crippen LogP contribution in [-0.4, -0.2) is 31.0 Å². The summed E-state index contributed by atoms with van der Waals surface area (Å²) in [5.74, 6) is 0.721. The van der Waals surface area contributed by atoms with Gasteiger partial charge in [0.1, 0.15) is 0 Å². The lowest BCUT2D eigenvalue weighted by Crippen LogP contribution is -2.13. The highest BCUT2D eigenvalue weighted by Crippen LogP contribution is 2.33. The van der Waals surface area contributed by atoms with Gasteiger partial charge < -0.3 is 20.1 Å². The van der Waals surface area contributed by atoms with Crippen molar-refractivity contribution in [2.45, 2.75) is 6.92 Å². The predicted octanol–water partition coefficient (Wildman–Crippen LogP) is 5.13. The predicted molar refractivity (Wildman–Crippen MR) is 129 cm³/mol. The number of hydrogen-bond donors (Lipinski definition) is 2. The molecule has 1 heterocycles. The zero-order valence-corrected chi connectivity index (χ0v) is 18.5. The minimum absolute atomic E-state index is 0.182. The smallest absolute Gasteiger partial charge is 0.256 e. The van der Waals surface area contributed by atoms with Crippen molar-refractivity contribution in [1.29, 1.82) is 0 Å². The molecule has 0 saturated heterocycles. The molecule has 33 heavy (non-hydrogen) atoms. The average Bonchev–Trinajstić information content (AvgIpc) is 2.82. The molecule has 0 saturated carbocycles. The molecule has 4 aromatic rings. The maximum absolute atomic E-state index is 13.3. The minimum Gasteiger partial charge on any atom is -0.493 e. The molecule has 0 bridgehead atoms. The number of rotatable bonds is 6. The van der Waals surface area contributed by atoms with E-state index in [1.807, 2.05) is 36.4 Å². The molecule has 3 aromatic carbocycles. The molecule has 0 fully saturated rings. The number of nitrogens with one attached hydrogen (secondary N) is 2. The van der Waals surface area contributed by atoms with E-state index in [1.54, 1.807) is 50.6 Å². The number of hydrogen-bond acceptors (Lipinski definition) is 5. The lowest BCUT2D eigenvalue weighted by atomic mass is 10.0. The summed E-state index contributed by atoms with van der Waals surface area (Å²) in [7, 11) is 3.15. The van der Waals surface area contributed by atoms with E-state index in [-0.39, 0.29) is 11.8 Å². The minimum atomic E-state index is -0.282. The number of amides is 2. The number of nitrogens with zero attached hydrogens (tertiary/aromatic N) is 1. The zero-order valence-electron chi connectivity index (χ0n) is 18.5. The monoisotopic (exact) mass is 441 g/mol. The van der Waals surface area contributed by atoms with Gasteiger partial charge in [-0.05, 0) is 48.5 Å². The quantitative estimate of drug-likeness (QED) is 0.433. The number of pyridine rings is 1. The van der Waals surface area contributed by atoms with Crippen LogP contribution < -0.4 is 20.1 Å². The van der Waals surface area contributed by atoms with Gasteiger partial charge in [0.15, 0.2) is 11.5 Å². The third kappa shape index (κ3) is 4.77. The SMILES string of the molecule is COc1ccc(-c2cc(C(=O)Nc3cccc(NC(C)=O)c3)c3ccccc3n2)cc1OC. The van der Waals surface area contributed by atoms with E-state index >= 15 is 0 Å². The first-order chi connectivity index (χ1) is 16.0. The van der Waals surface area contributed by atoms with Gasteiger partial charge >= 0.3 is 0 Å². The van der Waals surface area contributed by atoms with Crippen molar-refractivity contribution in [3.8, 4) is 22.8 Å². The topological polar surface area (TPSA) is 89.6 Å². The first-order valence-corrected chi connectivity index (χ1v) is 10.3. The van der Waals surface area contributed by atoms with Crippen molar-refractivity contribution < 1.29 is 19.1 Å². The molecular weight excluding hydrogens is 418 g/mol. The van der Waals surface area contributed by atoms with Crippen molar-refractivity contribution in [3.63, 3.8) is 0 Å². The highest BCUT2D eigenvalue weighted by atomic mass is 16.5. The number of carbonyl (C=O) groups excluding carboxylic acids is 2. The molecular formula is C26H23N3O4. The highest BCUT2D eigenvalue weighted by molar-refractivity contribution is 6.13. The van der Waals surface area contributed by atoms with Gasteiger partial charge in [0.2, 0.25) is 5.91 Å². The van der Waals surface area contributed by atoms with Crippen LogP contribution in [0.15, 0.2) is 72.8 Å². The average molecular weight is 441 g/mol. The van der Waals surface area contributed by atoms with Gasteiger partial charge in [-0.3, -0.25) is 9.59 Å². The molecule has 0 unspecified atom stereocenters. The molecule has 1 aromatic heterocycles. The van der Waals surface area contributed by atoms with E-state index in [4.69, 9.17) is 14.5 Å². The van der Waals surface area contributed by atoms with Crippen LogP contribution in [0.25, 0.3) is 22.2 Å². The summed E-state index contributed by atoms with van der Waals surface area (Å²) in [6.45, 7) is 1.43. The fourth-order valence-electron chi connectivity index (χ4n) is 3.58. The third-order valence-electron chi connectivity index (χ3n) is 5.08. The molecule has 7 nitrogen and oxygen atoms in total. The summed E-state index contributed by atoms with van der Waals surface area (Å²) < 4.78 is 10.7. The zero-order chi connectivity index (χ0) is 23.4. The van der Waals surface area contributed by atoms with Crippen LogP contribution in [0.2, 0.25) is 0 Å². The van der Waals surface area contributed by atoms with Crippen molar-refractivity contribution in [2.75, 3.05) is 24.9 Å². The van der Waals surface area contributed by atoms with E-state index in [2.05, 4.69) is 10.6 Å². The van der Waals surface area contributed by atoms with E-state index in [0.717, 1.165) is 10.9 Å². The third-order valence-corrected chi connectivity index (χ3v) is 5.08. The van der Waals surface area contributed by atoms with Crippen molar-refractivity contribution in [3.05, 3.63) is 78.4 Å². The molecule has 0 aliphatic heterocycles. The molecule has 0 aliphatic carbocycles. The van der Waals surface area contributed by atoms with Crippen LogP contribution in [-0.2, 0) is 4.79 Å². The molecule has 2 N–H and O–H groups in total. The summed E-state index contributed by atoms with van der Waals surface area (Å²) in [5, 5.41) is 6.37. The van der Waals surface area contributed by atoms with Crippen LogP contribution in [0, 0.1) is 0 Å². The van der Waals surface area contributed by atoms with E-state index in [9.17, 15) is 9.59 Å². The Bertz CT molecular complexity index is 1350. The van der Waals surface area contributed by atoms with Crippen LogP contribution in [0.4, 0.5) is 11.4 Å². The standard InChI is InChI=1S/C26H23N3O4/c1-16(30)27-18-7-6-8-19(14-18)28-26(31)21-15-23(29-22-10-5-4-9-20(21)22)17-11-12-24(32-2)25(13-17)33-3/h4-15H,1-3H3,(H,27,30)(H,28,31). The van der Waals surface area contributed by atoms with Crippen LogP contribution in [0.5, 0.6) is 11.5 Å². The van der Waals surface area contributed by atoms with Gasteiger partial charge in [0, 0.05) is 29.2 Å². The largest absolute Gasteiger partial charge is 0.493 e. The molecule has 2 amide bonds. The molecule has 0 atom stereocenters. The molecule has 0 aliphatic rings. The Morgan fingerprint density at radius 3 is 2.24 bits per heavy atom. The van der Waals surface area contributed by atoms with Crippen molar-refractivity contribution in [1.82, 2.24) is 4.98 Å². The van der Waals surface area contributed by atoms with E-state index in [0.29, 0.717) is 39.6 Å². The van der Waals surface area contributed by atoms with Crippen LogP contribution in [0.3, 0.4) is 0 Å². The van der Waals surface area contributed by atoms with Gasteiger partial charge in [-0.1, -0.05) is 24.3 Å². The molecule has 166 valence electrons. The number of fused-ring (bicyclic) bond motifs is 1. The van der Waals surface area contributed by atoms with Crippen LogP contribution >= 0.6 is 0 Å². The Hall–Kier alpha value is -4.39. The second kappa shape index (κ2) is 9.40. The van der Waals surface area contributed by atoms with Gasteiger partial charge in [0.25, 0.3) is 5.91 Å². The number of anilines is 2. The summed E-state index contributed by atoms with van der Waals surface area (Å²) >= 11 is 0. The Morgan fingerprint density at radius 2 is 1.52 bits per heavy atom. The maximum Gasteiger partial charge on any atom is 0.256 e. The molecule has 4 rings (SSSR count). The molecule has 0 radical (unpaired) electrons.